The first kappa shape index (κ1) is 24.7. The molecule has 2 aliphatic heterocycles. The van der Waals surface area contributed by atoms with E-state index < -0.39 is 0 Å². The summed E-state index contributed by atoms with van der Waals surface area (Å²) in [6.07, 6.45) is 5.48. The number of hydrogen-bond donors (Lipinski definition) is 1. The van der Waals surface area contributed by atoms with Crippen molar-refractivity contribution in [3.63, 3.8) is 0 Å². The van der Waals surface area contributed by atoms with E-state index in [1.807, 2.05) is 12.3 Å². The summed E-state index contributed by atoms with van der Waals surface area (Å²) in [5.41, 5.74) is 2.42. The lowest BCUT2D eigenvalue weighted by atomic mass is 10.0. The molecule has 0 amide bonds. The van der Waals surface area contributed by atoms with Gasteiger partial charge in [-0.1, -0.05) is 6.92 Å². The van der Waals surface area contributed by atoms with Crippen LogP contribution in [0.1, 0.15) is 31.1 Å². The lowest BCUT2D eigenvalue weighted by molar-refractivity contribution is 0.122. The van der Waals surface area contributed by atoms with Gasteiger partial charge in [-0.3, -0.25) is 4.90 Å². The monoisotopic (exact) mass is 522 g/mol. The number of aromatic amines is 1. The van der Waals surface area contributed by atoms with Crippen LogP contribution in [0.4, 0.5) is 10.2 Å². The number of morpholine rings is 1. The number of nitrogens with one attached hydrogen (secondary N) is 1. The Morgan fingerprint density at radius 1 is 1.14 bits per heavy atom. The number of anilines is 1. The maximum atomic E-state index is 14.5. The minimum atomic E-state index is -0.291. The fourth-order valence-corrected chi connectivity index (χ4v) is 6.90. The molecule has 9 heteroatoms. The number of ether oxygens (including phenoxy) is 1. The van der Waals surface area contributed by atoms with Gasteiger partial charge in [0.05, 0.1) is 23.4 Å². The molecule has 1 N–H and O–H groups in total. The van der Waals surface area contributed by atoms with Crippen LogP contribution >= 0.6 is 11.3 Å². The van der Waals surface area contributed by atoms with Crippen LogP contribution in [-0.4, -0.2) is 83.8 Å². The molecule has 37 heavy (non-hydrogen) atoms. The van der Waals surface area contributed by atoms with Crippen LogP contribution < -0.4 is 4.90 Å². The molecule has 0 saturated carbocycles. The van der Waals surface area contributed by atoms with Crippen LogP contribution in [0, 0.1) is 5.82 Å². The molecule has 7 nitrogen and oxygen atoms in total. The predicted octanol–water partition coefficient (Wildman–Crippen LogP) is 5.12. The van der Waals surface area contributed by atoms with Crippen molar-refractivity contribution in [2.45, 2.75) is 38.8 Å². The van der Waals surface area contributed by atoms with Gasteiger partial charge in [-0.05, 0) is 57.1 Å². The molecular weight excluding hydrogens is 487 g/mol. The molecule has 6 rings (SSSR count). The quantitative estimate of drug-likeness (QED) is 0.364. The van der Waals surface area contributed by atoms with Crippen LogP contribution in [0.25, 0.3) is 32.5 Å². The molecule has 0 radical (unpaired) electrons. The van der Waals surface area contributed by atoms with Crippen molar-refractivity contribution in [3.05, 3.63) is 41.2 Å². The smallest absolute Gasteiger partial charge is 0.163 e. The first-order chi connectivity index (χ1) is 18.1. The molecule has 1 aromatic carbocycles. The topological polar surface area (TPSA) is 60.5 Å². The van der Waals surface area contributed by atoms with Crippen LogP contribution in [0.5, 0.6) is 0 Å². The van der Waals surface area contributed by atoms with Crippen molar-refractivity contribution in [3.8, 4) is 11.4 Å². The summed E-state index contributed by atoms with van der Waals surface area (Å²) in [7, 11) is 2.26. The van der Waals surface area contributed by atoms with E-state index in [4.69, 9.17) is 14.7 Å². The van der Waals surface area contributed by atoms with Crippen LogP contribution in [0.2, 0.25) is 0 Å². The van der Waals surface area contributed by atoms with Gasteiger partial charge >= 0.3 is 0 Å². The average molecular weight is 523 g/mol. The van der Waals surface area contributed by atoms with Gasteiger partial charge in [0.25, 0.3) is 0 Å². The Morgan fingerprint density at radius 2 is 1.95 bits per heavy atom. The molecule has 2 aliphatic rings. The number of benzene rings is 1. The molecule has 0 aliphatic carbocycles. The van der Waals surface area contributed by atoms with Crippen molar-refractivity contribution in [1.29, 1.82) is 0 Å². The normalized spacial score (nSPS) is 18.0. The number of fused-ring (bicyclic) bond motifs is 2. The van der Waals surface area contributed by atoms with E-state index in [2.05, 4.69) is 39.7 Å². The Labute approximate surface area is 221 Å². The Bertz CT molecular complexity index is 1370. The summed E-state index contributed by atoms with van der Waals surface area (Å²) < 4.78 is 21.2. The molecule has 0 unspecified atom stereocenters. The summed E-state index contributed by atoms with van der Waals surface area (Å²) in [4.78, 5) is 21.8. The average Bonchev–Trinajstić information content (AvgIpc) is 3.55. The van der Waals surface area contributed by atoms with Gasteiger partial charge in [0.15, 0.2) is 11.6 Å². The highest BCUT2D eigenvalue weighted by Gasteiger charge is 2.24. The van der Waals surface area contributed by atoms with Crippen LogP contribution in [0.3, 0.4) is 0 Å². The summed E-state index contributed by atoms with van der Waals surface area (Å²) >= 11 is 1.80. The maximum absolute atomic E-state index is 14.5. The maximum Gasteiger partial charge on any atom is 0.163 e. The number of thiophene rings is 1. The van der Waals surface area contributed by atoms with Gasteiger partial charge < -0.3 is 19.5 Å². The van der Waals surface area contributed by atoms with Crippen LogP contribution in [0.15, 0.2) is 30.5 Å². The molecule has 2 fully saturated rings. The summed E-state index contributed by atoms with van der Waals surface area (Å²) in [6, 6.07) is 7.95. The van der Waals surface area contributed by atoms with E-state index in [1.165, 1.54) is 36.8 Å². The third kappa shape index (κ3) is 5.10. The SMILES string of the molecule is CCCN(C)C1CCN(Cc2cc3nc(-c4cc(F)cc5[nH]ccc45)nc(N4CCOCC4)c3s2)CC1. The number of H-pyrrole nitrogens is 1. The Morgan fingerprint density at radius 3 is 2.73 bits per heavy atom. The van der Waals surface area contributed by atoms with Crippen molar-refractivity contribution in [2.24, 2.45) is 0 Å². The van der Waals surface area contributed by atoms with E-state index in [0.29, 0.717) is 25.1 Å². The Kier molecular flexibility index (Phi) is 7.12. The lowest BCUT2D eigenvalue weighted by Crippen LogP contribution is -2.43. The largest absolute Gasteiger partial charge is 0.378 e. The zero-order valence-electron chi connectivity index (χ0n) is 21.7. The zero-order valence-corrected chi connectivity index (χ0v) is 22.5. The number of halogens is 1. The number of likely N-dealkylation sites (tertiary alicyclic amines) is 1. The molecule has 2 saturated heterocycles. The first-order valence-electron chi connectivity index (χ1n) is 13.4. The molecule has 5 heterocycles. The van der Waals surface area contributed by atoms with Gasteiger partial charge in [0, 0.05) is 66.3 Å². The van der Waals surface area contributed by atoms with Gasteiger partial charge in [0.1, 0.15) is 5.82 Å². The van der Waals surface area contributed by atoms with E-state index in [1.54, 1.807) is 17.4 Å². The third-order valence-electron chi connectivity index (χ3n) is 7.73. The lowest BCUT2D eigenvalue weighted by Gasteiger charge is -2.36. The summed E-state index contributed by atoms with van der Waals surface area (Å²) in [5, 5.41) is 0.931. The minimum Gasteiger partial charge on any atom is -0.378 e. The first-order valence-corrected chi connectivity index (χ1v) is 14.2. The van der Waals surface area contributed by atoms with E-state index in [9.17, 15) is 4.39 Å². The van der Waals surface area contributed by atoms with E-state index >= 15 is 0 Å². The number of aromatic nitrogens is 3. The number of piperidine rings is 1. The highest BCUT2D eigenvalue weighted by Crippen LogP contribution is 2.37. The van der Waals surface area contributed by atoms with E-state index in [0.717, 1.165) is 65.2 Å². The van der Waals surface area contributed by atoms with Crippen molar-refractivity contribution in [2.75, 3.05) is 57.9 Å². The summed E-state index contributed by atoms with van der Waals surface area (Å²) in [5.74, 6) is 1.22. The molecule has 3 aromatic heterocycles. The number of rotatable bonds is 7. The van der Waals surface area contributed by atoms with E-state index in [-0.39, 0.29) is 5.82 Å². The highest BCUT2D eigenvalue weighted by atomic mass is 32.1. The fraction of sp³-hybridized carbons (Fsp3) is 0.500. The second kappa shape index (κ2) is 10.6. The molecule has 0 atom stereocenters. The number of nitrogens with zero attached hydrogens (tertiary/aromatic N) is 5. The standard InChI is InChI=1S/C28H35FN6OS/c1-3-8-33(2)20-5-9-34(10-6-20)18-21-17-25-26(37-21)28(35-11-13-36-14-12-35)32-27(31-25)23-15-19(29)16-24-22(23)4-7-30-24/h4,7,15-17,20,30H,3,5-6,8-14,18H2,1-2H3. The zero-order chi connectivity index (χ0) is 25.4. The third-order valence-corrected chi connectivity index (χ3v) is 8.83. The molecule has 196 valence electrons. The second-order valence-electron chi connectivity index (χ2n) is 10.3. The fourth-order valence-electron chi connectivity index (χ4n) is 5.74. The molecular formula is C28H35FN6OS. The predicted molar refractivity (Wildman–Crippen MR) is 149 cm³/mol. The van der Waals surface area contributed by atoms with Crippen molar-refractivity contribution in [1.82, 2.24) is 24.8 Å². The minimum absolute atomic E-state index is 0.291. The second-order valence-corrected chi connectivity index (χ2v) is 11.4. The van der Waals surface area contributed by atoms with Gasteiger partial charge in [0.2, 0.25) is 0 Å². The number of hydrogen-bond acceptors (Lipinski definition) is 7. The highest BCUT2D eigenvalue weighted by molar-refractivity contribution is 7.19. The van der Waals surface area contributed by atoms with Gasteiger partial charge in [-0.15, -0.1) is 11.3 Å². The van der Waals surface area contributed by atoms with Crippen molar-refractivity contribution >= 4 is 38.3 Å². The van der Waals surface area contributed by atoms with Gasteiger partial charge in [-0.25, -0.2) is 14.4 Å². The Balaban J connectivity index is 1.32. The Hall–Kier alpha value is -2.59. The molecule has 4 aromatic rings. The summed E-state index contributed by atoms with van der Waals surface area (Å²) in [6.45, 7) is 9.55. The van der Waals surface area contributed by atoms with Crippen LogP contribution in [-0.2, 0) is 11.3 Å². The van der Waals surface area contributed by atoms with Gasteiger partial charge in [-0.2, -0.15) is 0 Å². The molecule has 0 spiro atoms. The molecule has 0 bridgehead atoms. The van der Waals surface area contributed by atoms with Crippen molar-refractivity contribution < 1.29 is 9.13 Å².